The third-order valence-corrected chi connectivity index (χ3v) is 8.13. The molecule has 7 aromatic carbocycles. The van der Waals surface area contributed by atoms with Crippen molar-refractivity contribution in [3.05, 3.63) is 146 Å². The van der Waals surface area contributed by atoms with E-state index >= 15 is 0 Å². The highest BCUT2D eigenvalue weighted by Gasteiger charge is 2.13. The minimum atomic E-state index is 0.877. The molecule has 0 atom stereocenters. The summed E-state index contributed by atoms with van der Waals surface area (Å²) < 4.78 is 0. The summed E-state index contributed by atoms with van der Waals surface area (Å²) >= 11 is 0. The number of hydrogen-bond donors (Lipinski definition) is 0. The van der Waals surface area contributed by atoms with Crippen molar-refractivity contribution < 1.29 is 0 Å². The van der Waals surface area contributed by atoms with Gasteiger partial charge in [0.2, 0.25) is 0 Å². The zero-order chi connectivity index (χ0) is 26.6. The van der Waals surface area contributed by atoms with Crippen LogP contribution in [0.3, 0.4) is 0 Å². The van der Waals surface area contributed by atoms with Crippen molar-refractivity contribution in [1.82, 2.24) is 4.98 Å². The first-order valence-electron chi connectivity index (χ1n) is 13.7. The predicted molar refractivity (Wildman–Crippen MR) is 173 cm³/mol. The molecule has 0 radical (unpaired) electrons. The van der Waals surface area contributed by atoms with Gasteiger partial charge in [0.1, 0.15) is 0 Å². The van der Waals surface area contributed by atoms with E-state index in [0.717, 1.165) is 17.0 Å². The van der Waals surface area contributed by atoms with Crippen LogP contribution in [0.1, 0.15) is 5.69 Å². The van der Waals surface area contributed by atoms with E-state index in [1.165, 1.54) is 65.0 Å². The minimum absolute atomic E-state index is 0.877. The largest absolute Gasteiger partial charge is 0.248 e. The van der Waals surface area contributed by atoms with Crippen molar-refractivity contribution >= 4 is 59.9 Å². The topological polar surface area (TPSA) is 12.9 Å². The first kappa shape index (κ1) is 22.7. The van der Waals surface area contributed by atoms with Gasteiger partial charge in [-0.25, -0.2) is 4.98 Å². The van der Waals surface area contributed by atoms with Gasteiger partial charge < -0.3 is 0 Å². The highest BCUT2D eigenvalue weighted by molar-refractivity contribution is 6.18. The molecule has 40 heavy (non-hydrogen) atoms. The molecule has 0 bridgehead atoms. The van der Waals surface area contributed by atoms with Gasteiger partial charge in [0, 0.05) is 5.56 Å². The lowest BCUT2D eigenvalue weighted by Gasteiger charge is -2.14. The van der Waals surface area contributed by atoms with Crippen molar-refractivity contribution in [2.24, 2.45) is 0 Å². The van der Waals surface area contributed by atoms with Gasteiger partial charge in [-0.15, -0.1) is 0 Å². The molecule has 0 saturated heterocycles. The summed E-state index contributed by atoms with van der Waals surface area (Å²) in [6.07, 6.45) is 1.80. The van der Waals surface area contributed by atoms with Crippen LogP contribution >= 0.6 is 0 Å². The standard InChI is InChI=1S/C39H25N/c1-2-32-12-8-16-39(40-32)35-14-6-5-13-33(35)34-15-7-11-27-21-28-17-18-29-22-30-19-25-9-3-4-10-26(25)20-31(30)23-36(29)38(28)24-37(27)34/h2-24H,1H2. The van der Waals surface area contributed by atoms with Crippen LogP contribution in [0.5, 0.6) is 0 Å². The summed E-state index contributed by atoms with van der Waals surface area (Å²) in [5, 5.41) is 12.6. The Labute approximate surface area is 232 Å². The summed E-state index contributed by atoms with van der Waals surface area (Å²) in [4.78, 5) is 4.85. The summed E-state index contributed by atoms with van der Waals surface area (Å²) in [5.41, 5.74) is 5.34. The van der Waals surface area contributed by atoms with E-state index in [1.807, 2.05) is 12.1 Å². The van der Waals surface area contributed by atoms with Gasteiger partial charge in [0.05, 0.1) is 11.4 Å². The van der Waals surface area contributed by atoms with Crippen LogP contribution in [0.15, 0.2) is 140 Å². The molecule has 8 rings (SSSR count). The predicted octanol–water partition coefficient (Wildman–Crippen LogP) is 10.8. The molecular weight excluding hydrogens is 482 g/mol. The third kappa shape index (κ3) is 3.60. The number of benzene rings is 7. The van der Waals surface area contributed by atoms with E-state index in [0.29, 0.717) is 0 Å². The Morgan fingerprint density at radius 2 is 0.950 bits per heavy atom. The highest BCUT2D eigenvalue weighted by atomic mass is 14.7. The first-order chi connectivity index (χ1) is 19.7. The Kier molecular flexibility index (Phi) is 5.05. The van der Waals surface area contributed by atoms with Crippen LogP contribution in [0, 0.1) is 0 Å². The molecule has 1 heterocycles. The molecule has 186 valence electrons. The lowest BCUT2D eigenvalue weighted by molar-refractivity contribution is 1.30. The van der Waals surface area contributed by atoms with E-state index in [9.17, 15) is 0 Å². The average Bonchev–Trinajstić information content (AvgIpc) is 3.01. The third-order valence-electron chi connectivity index (χ3n) is 8.13. The number of pyridine rings is 1. The Hall–Kier alpha value is -5.27. The zero-order valence-electron chi connectivity index (χ0n) is 21.9. The summed E-state index contributed by atoms with van der Waals surface area (Å²) in [7, 11) is 0. The number of aromatic nitrogens is 1. The van der Waals surface area contributed by atoms with Crippen LogP contribution in [0.4, 0.5) is 0 Å². The zero-order valence-corrected chi connectivity index (χ0v) is 21.9. The van der Waals surface area contributed by atoms with Gasteiger partial charge in [-0.05, 0) is 120 Å². The maximum atomic E-state index is 4.85. The maximum Gasteiger partial charge on any atom is 0.0715 e. The molecule has 0 unspecified atom stereocenters. The summed E-state index contributed by atoms with van der Waals surface area (Å²) in [6, 6.07) is 48.5. The van der Waals surface area contributed by atoms with Gasteiger partial charge in [0.25, 0.3) is 0 Å². The Balaban J connectivity index is 1.40. The fourth-order valence-electron chi connectivity index (χ4n) is 6.17. The van der Waals surface area contributed by atoms with Crippen LogP contribution in [-0.4, -0.2) is 4.98 Å². The van der Waals surface area contributed by atoms with Gasteiger partial charge in [-0.1, -0.05) is 91.5 Å². The van der Waals surface area contributed by atoms with Gasteiger partial charge in [-0.2, -0.15) is 0 Å². The van der Waals surface area contributed by atoms with Gasteiger partial charge in [-0.3, -0.25) is 0 Å². The van der Waals surface area contributed by atoms with E-state index in [1.54, 1.807) is 6.08 Å². The van der Waals surface area contributed by atoms with Crippen LogP contribution < -0.4 is 0 Å². The van der Waals surface area contributed by atoms with Crippen molar-refractivity contribution in [2.45, 2.75) is 0 Å². The molecule has 8 aromatic rings. The molecule has 0 aliphatic heterocycles. The number of rotatable bonds is 3. The quantitative estimate of drug-likeness (QED) is 0.171. The SMILES string of the molecule is C=Cc1cccc(-c2ccccc2-c2cccc3cc4ccc5cc6cc7ccccc7cc6cc5c4cc23)n1. The molecule has 1 heteroatoms. The first-order valence-corrected chi connectivity index (χ1v) is 13.7. The average molecular weight is 508 g/mol. The van der Waals surface area contributed by atoms with Crippen LogP contribution in [-0.2, 0) is 0 Å². The molecule has 0 aliphatic rings. The maximum absolute atomic E-state index is 4.85. The molecule has 0 saturated carbocycles. The second kappa shape index (κ2) is 8.90. The smallest absolute Gasteiger partial charge is 0.0715 e. The Bertz CT molecular complexity index is 2290. The molecule has 0 fully saturated rings. The normalized spacial score (nSPS) is 11.6. The molecule has 0 N–H and O–H groups in total. The van der Waals surface area contributed by atoms with Crippen molar-refractivity contribution in [1.29, 1.82) is 0 Å². The van der Waals surface area contributed by atoms with Crippen molar-refractivity contribution in [3.63, 3.8) is 0 Å². The van der Waals surface area contributed by atoms with E-state index in [4.69, 9.17) is 4.98 Å². The Morgan fingerprint density at radius 3 is 1.73 bits per heavy atom. The second-order valence-electron chi connectivity index (χ2n) is 10.5. The Morgan fingerprint density at radius 1 is 0.400 bits per heavy atom. The highest BCUT2D eigenvalue weighted by Crippen LogP contribution is 2.39. The molecule has 1 nitrogen and oxygen atoms in total. The van der Waals surface area contributed by atoms with Crippen molar-refractivity contribution in [3.8, 4) is 22.4 Å². The number of nitrogens with zero attached hydrogens (tertiary/aromatic N) is 1. The fourth-order valence-corrected chi connectivity index (χ4v) is 6.17. The fraction of sp³-hybridized carbons (Fsp3) is 0. The lowest BCUT2D eigenvalue weighted by Crippen LogP contribution is -1.91. The number of fused-ring (bicyclic) bond motifs is 6. The van der Waals surface area contributed by atoms with Gasteiger partial charge in [0.15, 0.2) is 0 Å². The second-order valence-corrected chi connectivity index (χ2v) is 10.5. The van der Waals surface area contributed by atoms with Crippen molar-refractivity contribution in [2.75, 3.05) is 0 Å². The minimum Gasteiger partial charge on any atom is -0.248 e. The van der Waals surface area contributed by atoms with Crippen LogP contribution in [0.25, 0.3) is 82.3 Å². The molecule has 0 spiro atoms. The summed E-state index contributed by atoms with van der Waals surface area (Å²) in [6.45, 7) is 3.91. The monoisotopic (exact) mass is 507 g/mol. The summed E-state index contributed by atoms with van der Waals surface area (Å²) in [5.74, 6) is 0. The van der Waals surface area contributed by atoms with E-state index in [-0.39, 0.29) is 0 Å². The van der Waals surface area contributed by atoms with E-state index in [2.05, 4.69) is 128 Å². The lowest BCUT2D eigenvalue weighted by atomic mass is 9.90. The number of hydrogen-bond acceptors (Lipinski definition) is 1. The molecule has 0 amide bonds. The molecule has 1 aromatic heterocycles. The molecular formula is C39H25N. The van der Waals surface area contributed by atoms with Crippen LogP contribution in [0.2, 0.25) is 0 Å². The van der Waals surface area contributed by atoms with Gasteiger partial charge >= 0.3 is 0 Å². The van der Waals surface area contributed by atoms with E-state index < -0.39 is 0 Å². The molecule has 0 aliphatic carbocycles.